The van der Waals surface area contributed by atoms with Crippen LogP contribution in [-0.2, 0) is 16.4 Å². The summed E-state index contributed by atoms with van der Waals surface area (Å²) in [5.74, 6) is -2.24. The smallest absolute Gasteiger partial charge is 0.348 e. The fourth-order valence-electron chi connectivity index (χ4n) is 2.76. The number of benzene rings is 2. The molecular formula is C21H15F4N3O4S. The number of amides is 2. The second kappa shape index (κ2) is 9.36. The minimum atomic E-state index is -5.83. The van der Waals surface area contributed by atoms with Crippen molar-refractivity contribution in [3.63, 3.8) is 0 Å². The van der Waals surface area contributed by atoms with E-state index in [1.807, 2.05) is 0 Å². The van der Waals surface area contributed by atoms with Crippen LogP contribution in [0.5, 0.6) is 0 Å². The van der Waals surface area contributed by atoms with Gasteiger partial charge in [0.1, 0.15) is 5.82 Å². The first-order valence-electron chi connectivity index (χ1n) is 9.19. The van der Waals surface area contributed by atoms with Crippen LogP contribution in [0.15, 0.2) is 71.9 Å². The molecule has 0 saturated heterocycles. The van der Waals surface area contributed by atoms with Crippen molar-refractivity contribution in [3.8, 4) is 0 Å². The molecule has 2 amide bonds. The standard InChI is InChI=1S/C21H15F4N3O4S/c22-15-6-2-5-14(11-15)18(29)28-16-7-1-4-13(10-16)12-27-19(30)17-8-3-9-26-20(17)33(31,32)21(23,24)25/h1-11H,12H2,(H,27,30)(H,28,29). The van der Waals surface area contributed by atoms with Gasteiger partial charge < -0.3 is 10.6 Å². The largest absolute Gasteiger partial charge is 0.503 e. The van der Waals surface area contributed by atoms with E-state index in [0.717, 1.165) is 24.4 Å². The zero-order valence-electron chi connectivity index (χ0n) is 16.6. The van der Waals surface area contributed by atoms with Crippen LogP contribution in [0, 0.1) is 5.82 Å². The molecule has 0 spiro atoms. The summed E-state index contributed by atoms with van der Waals surface area (Å²) in [5, 5.41) is 3.49. The molecule has 0 fully saturated rings. The number of pyridine rings is 1. The van der Waals surface area contributed by atoms with Gasteiger partial charge in [-0.1, -0.05) is 18.2 Å². The van der Waals surface area contributed by atoms with Crippen LogP contribution in [-0.4, -0.2) is 30.7 Å². The van der Waals surface area contributed by atoms with Gasteiger partial charge in [0.2, 0.25) is 0 Å². The minimum absolute atomic E-state index is 0.0867. The first-order chi connectivity index (χ1) is 15.5. The number of nitrogens with one attached hydrogen (secondary N) is 2. The molecule has 0 saturated carbocycles. The summed E-state index contributed by atoms with van der Waals surface area (Å²) in [6.07, 6.45) is 0.833. The number of carbonyl (C=O) groups is 2. The number of carbonyl (C=O) groups excluding carboxylic acids is 2. The Bertz CT molecular complexity index is 1310. The van der Waals surface area contributed by atoms with E-state index in [4.69, 9.17) is 0 Å². The number of nitrogens with zero attached hydrogens (tertiary/aromatic N) is 1. The SMILES string of the molecule is O=C(Nc1cccc(CNC(=O)c2cccnc2S(=O)(=O)C(F)(F)F)c1)c1cccc(F)c1. The third-order valence-corrected chi connectivity index (χ3v) is 5.74. The Morgan fingerprint density at radius 2 is 1.67 bits per heavy atom. The first kappa shape index (κ1) is 23.9. The Hall–Kier alpha value is -3.80. The molecule has 0 atom stereocenters. The van der Waals surface area contributed by atoms with E-state index in [2.05, 4.69) is 15.6 Å². The van der Waals surface area contributed by atoms with Gasteiger partial charge in [0.15, 0.2) is 5.03 Å². The lowest BCUT2D eigenvalue weighted by molar-refractivity contribution is -0.0438. The Morgan fingerprint density at radius 1 is 0.939 bits per heavy atom. The number of rotatable bonds is 6. The molecule has 0 aliphatic rings. The molecule has 7 nitrogen and oxygen atoms in total. The third-order valence-electron chi connectivity index (χ3n) is 4.30. The first-order valence-corrected chi connectivity index (χ1v) is 10.7. The van der Waals surface area contributed by atoms with Crippen molar-refractivity contribution in [2.24, 2.45) is 0 Å². The normalized spacial score (nSPS) is 11.6. The van der Waals surface area contributed by atoms with Gasteiger partial charge in [0.25, 0.3) is 21.7 Å². The number of hydrogen-bond donors (Lipinski definition) is 2. The highest BCUT2D eigenvalue weighted by atomic mass is 32.2. The summed E-state index contributed by atoms with van der Waals surface area (Å²) >= 11 is 0. The van der Waals surface area contributed by atoms with Gasteiger partial charge in [-0.2, -0.15) is 13.2 Å². The predicted octanol–water partition coefficient (Wildman–Crippen LogP) is 3.70. The van der Waals surface area contributed by atoms with Crippen molar-refractivity contribution in [2.75, 3.05) is 5.32 Å². The van der Waals surface area contributed by atoms with Crippen molar-refractivity contribution in [2.45, 2.75) is 17.1 Å². The number of alkyl halides is 3. The predicted molar refractivity (Wildman–Crippen MR) is 109 cm³/mol. The van der Waals surface area contributed by atoms with Crippen LogP contribution in [0.3, 0.4) is 0 Å². The van der Waals surface area contributed by atoms with Crippen molar-refractivity contribution in [1.82, 2.24) is 10.3 Å². The highest BCUT2D eigenvalue weighted by Crippen LogP contribution is 2.30. The molecule has 1 heterocycles. The summed E-state index contributed by atoms with van der Waals surface area (Å²) in [6.45, 7) is -0.192. The zero-order valence-corrected chi connectivity index (χ0v) is 17.4. The van der Waals surface area contributed by atoms with Crippen LogP contribution < -0.4 is 10.6 Å². The second-order valence-corrected chi connectivity index (χ2v) is 8.51. The highest BCUT2D eigenvalue weighted by Gasteiger charge is 2.49. The summed E-state index contributed by atoms with van der Waals surface area (Å²) in [4.78, 5) is 27.9. The lowest BCUT2D eigenvalue weighted by Gasteiger charge is -2.12. The molecule has 0 aliphatic heterocycles. The van der Waals surface area contributed by atoms with Gasteiger partial charge in [-0.3, -0.25) is 9.59 Å². The van der Waals surface area contributed by atoms with Crippen molar-refractivity contribution in [3.05, 3.63) is 89.4 Å². The molecule has 12 heteroatoms. The maximum Gasteiger partial charge on any atom is 0.503 e. The van der Waals surface area contributed by atoms with Gasteiger partial charge in [-0.15, -0.1) is 0 Å². The highest BCUT2D eigenvalue weighted by molar-refractivity contribution is 7.92. The van der Waals surface area contributed by atoms with E-state index < -0.39 is 43.6 Å². The molecule has 0 aliphatic carbocycles. The maximum absolute atomic E-state index is 13.3. The van der Waals surface area contributed by atoms with Gasteiger partial charge in [-0.05, 0) is 48.0 Å². The molecular weight excluding hydrogens is 466 g/mol. The van der Waals surface area contributed by atoms with E-state index in [1.165, 1.54) is 30.3 Å². The number of anilines is 1. The van der Waals surface area contributed by atoms with E-state index in [9.17, 15) is 35.6 Å². The Morgan fingerprint density at radius 3 is 2.36 bits per heavy atom. The molecule has 3 aromatic rings. The molecule has 172 valence electrons. The van der Waals surface area contributed by atoms with Crippen LogP contribution in [0.2, 0.25) is 0 Å². The van der Waals surface area contributed by atoms with Gasteiger partial charge in [-0.25, -0.2) is 17.8 Å². The monoisotopic (exact) mass is 481 g/mol. The van der Waals surface area contributed by atoms with Crippen molar-refractivity contribution >= 4 is 27.3 Å². The topological polar surface area (TPSA) is 105 Å². The van der Waals surface area contributed by atoms with E-state index >= 15 is 0 Å². The lowest BCUT2D eigenvalue weighted by atomic mass is 10.1. The molecule has 1 aromatic heterocycles. The average Bonchev–Trinajstić information content (AvgIpc) is 2.77. The van der Waals surface area contributed by atoms with Crippen molar-refractivity contribution in [1.29, 1.82) is 0 Å². The van der Waals surface area contributed by atoms with Gasteiger partial charge in [0.05, 0.1) is 5.56 Å². The van der Waals surface area contributed by atoms with Crippen LogP contribution >= 0.6 is 0 Å². The fourth-order valence-corrected chi connectivity index (χ4v) is 3.63. The summed E-state index contributed by atoms with van der Waals surface area (Å²) in [7, 11) is -5.83. The Kier molecular flexibility index (Phi) is 6.77. The molecule has 2 aromatic carbocycles. The third kappa shape index (κ3) is 5.52. The van der Waals surface area contributed by atoms with E-state index in [0.29, 0.717) is 11.3 Å². The minimum Gasteiger partial charge on any atom is -0.348 e. The molecule has 2 N–H and O–H groups in total. The lowest BCUT2D eigenvalue weighted by Crippen LogP contribution is -2.30. The van der Waals surface area contributed by atoms with E-state index in [-0.39, 0.29) is 12.1 Å². The molecule has 33 heavy (non-hydrogen) atoms. The molecule has 3 rings (SSSR count). The summed E-state index contributed by atoms with van der Waals surface area (Å²) < 4.78 is 75.4. The van der Waals surface area contributed by atoms with E-state index in [1.54, 1.807) is 12.1 Å². The average molecular weight is 481 g/mol. The summed E-state index contributed by atoms with van der Waals surface area (Å²) in [6, 6.07) is 13.2. The fraction of sp³-hybridized carbons (Fsp3) is 0.0952. The van der Waals surface area contributed by atoms with Crippen LogP contribution in [0.1, 0.15) is 26.3 Å². The molecule has 0 radical (unpaired) electrons. The molecule has 0 unspecified atom stereocenters. The number of sulfone groups is 1. The maximum atomic E-state index is 13.3. The molecule has 0 bridgehead atoms. The number of aromatic nitrogens is 1. The Labute approximate surface area is 185 Å². The number of halogens is 4. The second-order valence-electron chi connectivity index (χ2n) is 6.65. The summed E-state index contributed by atoms with van der Waals surface area (Å²) in [5.41, 5.74) is -5.53. The van der Waals surface area contributed by atoms with Gasteiger partial charge in [0, 0.05) is 24.0 Å². The quantitative estimate of drug-likeness (QED) is 0.523. The van der Waals surface area contributed by atoms with Gasteiger partial charge >= 0.3 is 5.51 Å². The van der Waals surface area contributed by atoms with Crippen LogP contribution in [0.4, 0.5) is 23.2 Å². The van der Waals surface area contributed by atoms with Crippen molar-refractivity contribution < 1.29 is 35.6 Å². The van der Waals surface area contributed by atoms with Crippen LogP contribution in [0.25, 0.3) is 0 Å². The number of hydrogen-bond acceptors (Lipinski definition) is 5. The zero-order chi connectivity index (χ0) is 24.2. The Balaban J connectivity index is 1.73.